The van der Waals surface area contributed by atoms with Crippen molar-refractivity contribution in [2.45, 2.75) is 19.4 Å². The molecule has 0 aliphatic heterocycles. The molecule has 0 fully saturated rings. The second-order valence-electron chi connectivity index (χ2n) is 3.89. The van der Waals surface area contributed by atoms with Gasteiger partial charge in [0.25, 0.3) is 0 Å². The maximum absolute atomic E-state index is 11.4. The summed E-state index contributed by atoms with van der Waals surface area (Å²) in [6.45, 7) is 0.640. The molecular formula is C12H15BrN2O4. The van der Waals surface area contributed by atoms with Gasteiger partial charge in [-0.05, 0) is 40.0 Å². The molecule has 104 valence electrons. The molecule has 0 aliphatic rings. The average Bonchev–Trinajstić information content (AvgIpc) is 2.36. The van der Waals surface area contributed by atoms with Gasteiger partial charge in [0.05, 0.1) is 4.47 Å². The summed E-state index contributed by atoms with van der Waals surface area (Å²) in [6.07, 6.45) is 0.429. The highest BCUT2D eigenvalue weighted by molar-refractivity contribution is 9.10. The first-order chi connectivity index (χ1) is 8.99. The van der Waals surface area contributed by atoms with E-state index in [2.05, 4.69) is 26.6 Å². The van der Waals surface area contributed by atoms with Gasteiger partial charge in [0.1, 0.15) is 5.75 Å². The van der Waals surface area contributed by atoms with E-state index in [-0.39, 0.29) is 18.2 Å². The van der Waals surface area contributed by atoms with Crippen molar-refractivity contribution in [3.63, 3.8) is 0 Å². The van der Waals surface area contributed by atoms with E-state index in [1.54, 1.807) is 12.1 Å². The van der Waals surface area contributed by atoms with Crippen LogP contribution in [-0.4, -0.2) is 28.8 Å². The number of nitrogens with one attached hydrogen (secondary N) is 2. The molecule has 0 unspecified atom stereocenters. The van der Waals surface area contributed by atoms with Gasteiger partial charge in [-0.1, -0.05) is 6.07 Å². The van der Waals surface area contributed by atoms with Crippen LogP contribution in [0.2, 0.25) is 0 Å². The van der Waals surface area contributed by atoms with Crippen molar-refractivity contribution >= 4 is 27.9 Å². The Bertz CT molecular complexity index is 465. The van der Waals surface area contributed by atoms with Crippen LogP contribution in [0.25, 0.3) is 0 Å². The lowest BCUT2D eigenvalue weighted by molar-refractivity contribution is -0.137. The van der Waals surface area contributed by atoms with Gasteiger partial charge in [-0.3, -0.25) is 4.79 Å². The largest absolute Gasteiger partial charge is 0.507 e. The zero-order valence-corrected chi connectivity index (χ0v) is 11.7. The number of phenols is 1. The molecule has 0 radical (unpaired) electrons. The molecule has 0 spiro atoms. The summed E-state index contributed by atoms with van der Waals surface area (Å²) in [5, 5.41) is 22.9. The number of rotatable bonds is 6. The predicted octanol–water partition coefficient (Wildman–Crippen LogP) is 1.82. The van der Waals surface area contributed by atoms with Gasteiger partial charge < -0.3 is 20.8 Å². The standard InChI is InChI=1S/C12H15BrN2O4/c13-9-6-8(3-4-10(9)16)7-15-12(19)14-5-1-2-11(17)18/h3-4,6,16H,1-2,5,7H2,(H,17,18)(H2,14,15,19). The van der Waals surface area contributed by atoms with Crippen molar-refractivity contribution in [3.8, 4) is 5.75 Å². The Morgan fingerprint density at radius 2 is 2.00 bits per heavy atom. The lowest BCUT2D eigenvalue weighted by Crippen LogP contribution is -2.35. The Balaban J connectivity index is 2.26. The van der Waals surface area contributed by atoms with Crippen molar-refractivity contribution < 1.29 is 19.8 Å². The second kappa shape index (κ2) is 7.63. The molecule has 4 N–H and O–H groups in total. The second-order valence-corrected chi connectivity index (χ2v) is 4.75. The van der Waals surface area contributed by atoms with E-state index in [1.165, 1.54) is 6.07 Å². The molecule has 0 bridgehead atoms. The molecule has 1 rings (SSSR count). The van der Waals surface area contributed by atoms with Gasteiger partial charge >= 0.3 is 12.0 Å². The number of hydrogen-bond donors (Lipinski definition) is 4. The summed E-state index contributed by atoms with van der Waals surface area (Å²) in [6, 6.07) is 4.59. The lowest BCUT2D eigenvalue weighted by atomic mass is 10.2. The van der Waals surface area contributed by atoms with E-state index >= 15 is 0 Å². The number of amides is 2. The lowest BCUT2D eigenvalue weighted by Gasteiger charge is -2.08. The van der Waals surface area contributed by atoms with Gasteiger partial charge in [0.15, 0.2) is 0 Å². The van der Waals surface area contributed by atoms with E-state index < -0.39 is 5.97 Å². The van der Waals surface area contributed by atoms with Gasteiger partial charge in [-0.25, -0.2) is 4.79 Å². The quantitative estimate of drug-likeness (QED) is 0.598. The van der Waals surface area contributed by atoms with Crippen molar-refractivity contribution in [3.05, 3.63) is 28.2 Å². The van der Waals surface area contributed by atoms with Crippen LogP contribution in [0.4, 0.5) is 4.79 Å². The third kappa shape index (κ3) is 6.10. The van der Waals surface area contributed by atoms with Crippen LogP contribution in [0, 0.1) is 0 Å². The highest BCUT2D eigenvalue weighted by Gasteiger charge is 2.03. The van der Waals surface area contributed by atoms with Crippen molar-refractivity contribution in [2.24, 2.45) is 0 Å². The first-order valence-electron chi connectivity index (χ1n) is 5.70. The average molecular weight is 331 g/mol. The van der Waals surface area contributed by atoms with Crippen LogP contribution in [-0.2, 0) is 11.3 Å². The van der Waals surface area contributed by atoms with Crippen molar-refractivity contribution in [1.29, 1.82) is 0 Å². The highest BCUT2D eigenvalue weighted by atomic mass is 79.9. The number of phenolic OH excluding ortho intramolecular Hbond substituents is 1. The number of hydrogen-bond acceptors (Lipinski definition) is 3. The number of carbonyl (C=O) groups excluding carboxylic acids is 1. The summed E-state index contributed by atoms with van der Waals surface area (Å²) in [4.78, 5) is 21.6. The molecular weight excluding hydrogens is 316 g/mol. The van der Waals surface area contributed by atoms with E-state index in [4.69, 9.17) is 5.11 Å². The molecule has 1 aromatic rings. The predicted molar refractivity (Wildman–Crippen MR) is 72.9 cm³/mol. The SMILES string of the molecule is O=C(O)CCCNC(=O)NCc1ccc(O)c(Br)c1. The van der Waals surface area contributed by atoms with Crippen LogP contribution in [0.1, 0.15) is 18.4 Å². The summed E-state index contributed by atoms with van der Waals surface area (Å²) in [7, 11) is 0. The topological polar surface area (TPSA) is 98.7 Å². The number of benzene rings is 1. The molecule has 2 amide bonds. The highest BCUT2D eigenvalue weighted by Crippen LogP contribution is 2.24. The zero-order chi connectivity index (χ0) is 14.3. The molecule has 0 heterocycles. The minimum absolute atomic E-state index is 0.0329. The van der Waals surface area contributed by atoms with Gasteiger partial charge in [0.2, 0.25) is 0 Å². The number of halogens is 1. The smallest absolute Gasteiger partial charge is 0.315 e. The van der Waals surface area contributed by atoms with Crippen LogP contribution < -0.4 is 10.6 Å². The fraction of sp³-hybridized carbons (Fsp3) is 0.333. The maximum atomic E-state index is 11.4. The minimum atomic E-state index is -0.879. The van der Waals surface area contributed by atoms with E-state index in [0.29, 0.717) is 24.0 Å². The van der Waals surface area contributed by atoms with E-state index in [0.717, 1.165) is 5.56 Å². The van der Waals surface area contributed by atoms with E-state index in [9.17, 15) is 14.7 Å². The fourth-order valence-electron chi connectivity index (χ4n) is 1.35. The molecule has 0 saturated heterocycles. The van der Waals surface area contributed by atoms with Crippen LogP contribution >= 0.6 is 15.9 Å². The first-order valence-corrected chi connectivity index (χ1v) is 6.49. The van der Waals surface area contributed by atoms with Crippen molar-refractivity contribution in [2.75, 3.05) is 6.54 Å². The Labute approximate surface area is 118 Å². The molecule has 19 heavy (non-hydrogen) atoms. The molecule has 0 aliphatic carbocycles. The Morgan fingerprint density at radius 3 is 2.63 bits per heavy atom. The first kappa shape index (κ1) is 15.3. The van der Waals surface area contributed by atoms with Gasteiger partial charge in [-0.2, -0.15) is 0 Å². The van der Waals surface area contributed by atoms with Crippen LogP contribution in [0.15, 0.2) is 22.7 Å². The van der Waals surface area contributed by atoms with Crippen LogP contribution in [0.5, 0.6) is 5.75 Å². The number of carbonyl (C=O) groups is 2. The monoisotopic (exact) mass is 330 g/mol. The van der Waals surface area contributed by atoms with Gasteiger partial charge in [-0.15, -0.1) is 0 Å². The maximum Gasteiger partial charge on any atom is 0.315 e. The molecule has 6 nitrogen and oxygen atoms in total. The van der Waals surface area contributed by atoms with Crippen LogP contribution in [0.3, 0.4) is 0 Å². The normalized spacial score (nSPS) is 9.95. The summed E-state index contributed by atoms with van der Waals surface area (Å²) >= 11 is 3.18. The number of aromatic hydroxyl groups is 1. The fourth-order valence-corrected chi connectivity index (χ4v) is 1.77. The molecule has 1 aromatic carbocycles. The summed E-state index contributed by atoms with van der Waals surface area (Å²) in [5.74, 6) is -0.738. The molecule has 7 heteroatoms. The van der Waals surface area contributed by atoms with E-state index in [1.807, 2.05) is 0 Å². The zero-order valence-electron chi connectivity index (χ0n) is 10.1. The minimum Gasteiger partial charge on any atom is -0.507 e. The number of carboxylic acid groups (broad SMARTS) is 1. The number of carboxylic acids is 1. The summed E-state index contributed by atoms with van der Waals surface area (Å²) in [5.41, 5.74) is 0.838. The third-order valence-electron chi connectivity index (χ3n) is 2.32. The molecule has 0 atom stereocenters. The summed E-state index contributed by atoms with van der Waals surface area (Å²) < 4.78 is 0.564. The Kier molecular flexibility index (Phi) is 6.14. The van der Waals surface area contributed by atoms with Gasteiger partial charge in [0, 0.05) is 19.5 Å². The number of aliphatic carboxylic acids is 1. The Morgan fingerprint density at radius 1 is 1.26 bits per heavy atom. The Hall–Kier alpha value is -1.76. The molecule has 0 aromatic heterocycles. The molecule has 0 saturated carbocycles. The number of urea groups is 1. The van der Waals surface area contributed by atoms with Crippen molar-refractivity contribution in [1.82, 2.24) is 10.6 Å². The third-order valence-corrected chi connectivity index (χ3v) is 2.95.